The molecule has 0 spiro atoms. The topological polar surface area (TPSA) is 77.0 Å². The summed E-state index contributed by atoms with van der Waals surface area (Å²) in [4.78, 5) is 18.9. The molecule has 0 aliphatic heterocycles. The first-order valence-electron chi connectivity index (χ1n) is 8.14. The molecular formula is C19H21N5O. The van der Waals surface area contributed by atoms with Crippen molar-refractivity contribution >= 4 is 11.7 Å². The van der Waals surface area contributed by atoms with Gasteiger partial charge in [-0.25, -0.2) is 0 Å². The molecule has 25 heavy (non-hydrogen) atoms. The number of pyridine rings is 1. The number of aromatic nitrogens is 3. The Bertz CT molecular complexity index is 830. The molecule has 0 radical (unpaired) electrons. The maximum atomic E-state index is 13.0. The zero-order valence-electron chi connectivity index (χ0n) is 14.2. The molecule has 3 rings (SSSR count). The molecule has 0 saturated heterocycles. The van der Waals surface area contributed by atoms with E-state index < -0.39 is 0 Å². The summed E-state index contributed by atoms with van der Waals surface area (Å²) in [6, 6.07) is 13.9. The van der Waals surface area contributed by atoms with Gasteiger partial charge in [0.1, 0.15) is 11.4 Å². The van der Waals surface area contributed by atoms with Gasteiger partial charge in [-0.2, -0.15) is 5.10 Å². The minimum absolute atomic E-state index is 0.120. The predicted molar refractivity (Wildman–Crippen MR) is 96.7 cm³/mol. The second-order valence-corrected chi connectivity index (χ2v) is 5.89. The van der Waals surface area contributed by atoms with Gasteiger partial charge in [0.2, 0.25) is 0 Å². The summed E-state index contributed by atoms with van der Waals surface area (Å²) in [5, 5.41) is 4.08. The van der Waals surface area contributed by atoms with E-state index in [-0.39, 0.29) is 5.91 Å². The molecule has 0 aliphatic carbocycles. The highest BCUT2D eigenvalue weighted by Gasteiger charge is 2.21. The number of hydrogen-bond acceptors (Lipinski definition) is 4. The van der Waals surface area contributed by atoms with E-state index in [1.54, 1.807) is 24.3 Å². The number of carbonyl (C=O) groups is 1. The van der Waals surface area contributed by atoms with Gasteiger partial charge < -0.3 is 10.6 Å². The minimum atomic E-state index is -0.120. The number of hydrogen-bond donors (Lipinski definition) is 1. The Kier molecular flexibility index (Phi) is 5.09. The Morgan fingerprint density at radius 3 is 2.52 bits per heavy atom. The lowest BCUT2D eigenvalue weighted by Gasteiger charge is -2.22. The van der Waals surface area contributed by atoms with Crippen molar-refractivity contribution in [3.8, 4) is 0 Å². The Morgan fingerprint density at radius 1 is 1.12 bits per heavy atom. The van der Waals surface area contributed by atoms with Crippen molar-refractivity contribution in [2.45, 2.75) is 13.0 Å². The highest BCUT2D eigenvalue weighted by Crippen LogP contribution is 2.15. The number of aryl methyl sites for hydroxylation is 1. The largest absolute Gasteiger partial charge is 0.383 e. The fourth-order valence-corrected chi connectivity index (χ4v) is 2.66. The third kappa shape index (κ3) is 4.03. The number of amides is 1. The summed E-state index contributed by atoms with van der Waals surface area (Å²) in [7, 11) is 1.72. The standard InChI is InChI=1S/C19H21N5O/c1-23-18(20)17(13-22-23)19(25)24(14-16-8-5-10-21-12-16)11-9-15-6-3-2-4-7-15/h2-8,10,12-13H,9,11,14,20H2,1H3. The Morgan fingerprint density at radius 2 is 1.88 bits per heavy atom. The van der Waals surface area contributed by atoms with Gasteiger partial charge in [-0.15, -0.1) is 0 Å². The maximum absolute atomic E-state index is 13.0. The minimum Gasteiger partial charge on any atom is -0.383 e. The molecule has 1 aromatic carbocycles. The quantitative estimate of drug-likeness (QED) is 0.750. The molecule has 2 heterocycles. The van der Waals surface area contributed by atoms with E-state index in [1.165, 1.54) is 16.4 Å². The Hall–Kier alpha value is -3.15. The van der Waals surface area contributed by atoms with E-state index in [1.807, 2.05) is 30.3 Å². The lowest BCUT2D eigenvalue weighted by Crippen LogP contribution is -2.33. The van der Waals surface area contributed by atoms with Crippen LogP contribution in [-0.4, -0.2) is 32.1 Å². The molecular weight excluding hydrogens is 314 g/mol. The van der Waals surface area contributed by atoms with Crippen molar-refractivity contribution in [1.29, 1.82) is 0 Å². The van der Waals surface area contributed by atoms with Gasteiger partial charge in [-0.1, -0.05) is 36.4 Å². The monoisotopic (exact) mass is 335 g/mol. The van der Waals surface area contributed by atoms with E-state index in [9.17, 15) is 4.79 Å². The lowest BCUT2D eigenvalue weighted by atomic mass is 10.1. The van der Waals surface area contributed by atoms with Crippen LogP contribution in [0.2, 0.25) is 0 Å². The third-order valence-corrected chi connectivity index (χ3v) is 4.11. The van der Waals surface area contributed by atoms with Gasteiger partial charge in [-0.05, 0) is 23.6 Å². The third-order valence-electron chi connectivity index (χ3n) is 4.11. The number of rotatable bonds is 6. The highest BCUT2D eigenvalue weighted by molar-refractivity contribution is 5.98. The van der Waals surface area contributed by atoms with Crippen molar-refractivity contribution in [2.75, 3.05) is 12.3 Å². The smallest absolute Gasteiger partial charge is 0.259 e. The molecule has 0 atom stereocenters. The van der Waals surface area contributed by atoms with Crippen LogP contribution in [0.1, 0.15) is 21.5 Å². The zero-order chi connectivity index (χ0) is 17.6. The predicted octanol–water partition coefficient (Wildman–Crippen LogP) is 2.28. The molecule has 2 aromatic heterocycles. The van der Waals surface area contributed by atoms with Crippen LogP contribution in [0, 0.1) is 0 Å². The highest BCUT2D eigenvalue weighted by atomic mass is 16.2. The van der Waals surface area contributed by atoms with E-state index in [2.05, 4.69) is 22.2 Å². The van der Waals surface area contributed by atoms with Crippen molar-refractivity contribution in [1.82, 2.24) is 19.7 Å². The number of benzene rings is 1. The molecule has 0 aliphatic rings. The summed E-state index contributed by atoms with van der Waals surface area (Å²) in [5.41, 5.74) is 8.58. The second-order valence-electron chi connectivity index (χ2n) is 5.89. The number of nitrogen functional groups attached to an aromatic ring is 1. The first kappa shape index (κ1) is 16.7. The number of nitrogens with zero attached hydrogens (tertiary/aromatic N) is 4. The van der Waals surface area contributed by atoms with E-state index >= 15 is 0 Å². The molecule has 0 saturated carbocycles. The van der Waals surface area contributed by atoms with Crippen LogP contribution < -0.4 is 5.73 Å². The average molecular weight is 335 g/mol. The van der Waals surface area contributed by atoms with Crippen LogP contribution in [0.15, 0.2) is 61.1 Å². The van der Waals surface area contributed by atoms with Gasteiger partial charge in [0, 0.05) is 32.5 Å². The molecule has 6 nitrogen and oxygen atoms in total. The van der Waals surface area contributed by atoms with Crippen LogP contribution in [0.5, 0.6) is 0 Å². The zero-order valence-corrected chi connectivity index (χ0v) is 14.2. The van der Waals surface area contributed by atoms with Crippen LogP contribution in [-0.2, 0) is 20.0 Å². The van der Waals surface area contributed by atoms with Crippen LogP contribution in [0.4, 0.5) is 5.82 Å². The number of nitrogens with two attached hydrogens (primary N) is 1. The van der Waals surface area contributed by atoms with Gasteiger partial charge in [0.25, 0.3) is 5.91 Å². The fourth-order valence-electron chi connectivity index (χ4n) is 2.66. The van der Waals surface area contributed by atoms with Crippen molar-refractivity contribution < 1.29 is 4.79 Å². The maximum Gasteiger partial charge on any atom is 0.259 e. The van der Waals surface area contributed by atoms with Gasteiger partial charge in [-0.3, -0.25) is 14.5 Å². The van der Waals surface area contributed by atoms with Gasteiger partial charge in [0.05, 0.1) is 6.20 Å². The Labute approximate surface area is 146 Å². The summed E-state index contributed by atoms with van der Waals surface area (Å²) in [6.45, 7) is 1.07. The van der Waals surface area contributed by atoms with Crippen molar-refractivity contribution in [2.24, 2.45) is 7.05 Å². The van der Waals surface area contributed by atoms with Crippen molar-refractivity contribution in [3.05, 3.63) is 77.7 Å². The molecule has 3 aromatic rings. The summed E-state index contributed by atoms with van der Waals surface area (Å²) in [5.74, 6) is 0.256. The van der Waals surface area contributed by atoms with Crippen molar-refractivity contribution in [3.63, 3.8) is 0 Å². The van der Waals surface area contributed by atoms with E-state index in [4.69, 9.17) is 5.73 Å². The summed E-state index contributed by atoms with van der Waals surface area (Å²) in [6.07, 6.45) is 5.79. The van der Waals surface area contributed by atoms with E-state index in [0.29, 0.717) is 24.5 Å². The van der Waals surface area contributed by atoms with Crippen LogP contribution in [0.25, 0.3) is 0 Å². The first-order chi connectivity index (χ1) is 12.1. The summed E-state index contributed by atoms with van der Waals surface area (Å²) < 4.78 is 1.51. The average Bonchev–Trinajstić information content (AvgIpc) is 2.99. The second kappa shape index (κ2) is 7.61. The normalized spacial score (nSPS) is 10.6. The van der Waals surface area contributed by atoms with Gasteiger partial charge in [0.15, 0.2) is 0 Å². The van der Waals surface area contributed by atoms with Crippen LogP contribution in [0.3, 0.4) is 0 Å². The number of anilines is 1. The molecule has 128 valence electrons. The lowest BCUT2D eigenvalue weighted by molar-refractivity contribution is 0.0746. The molecule has 2 N–H and O–H groups in total. The SMILES string of the molecule is Cn1ncc(C(=O)N(CCc2ccccc2)Cc2cccnc2)c1N. The molecule has 0 unspecified atom stereocenters. The van der Waals surface area contributed by atoms with Crippen LogP contribution >= 0.6 is 0 Å². The summed E-state index contributed by atoms with van der Waals surface area (Å²) >= 11 is 0. The van der Waals surface area contributed by atoms with Gasteiger partial charge >= 0.3 is 0 Å². The number of carbonyl (C=O) groups excluding carboxylic acids is 1. The fraction of sp³-hybridized carbons (Fsp3) is 0.211. The molecule has 0 bridgehead atoms. The molecule has 0 fully saturated rings. The van der Waals surface area contributed by atoms with E-state index in [0.717, 1.165) is 12.0 Å². The first-order valence-corrected chi connectivity index (χ1v) is 8.14. The molecule has 1 amide bonds. The Balaban J connectivity index is 1.80. The molecule has 6 heteroatoms.